The van der Waals surface area contributed by atoms with Gasteiger partial charge in [-0.3, -0.25) is 5.73 Å². The van der Waals surface area contributed by atoms with Crippen molar-refractivity contribution in [2.45, 2.75) is 46.8 Å². The van der Waals surface area contributed by atoms with Gasteiger partial charge >= 0.3 is 0 Å². The van der Waals surface area contributed by atoms with Crippen molar-refractivity contribution in [2.24, 2.45) is 11.1 Å². The first-order valence-corrected chi connectivity index (χ1v) is 6.53. The Morgan fingerprint density at radius 2 is 1.83 bits per heavy atom. The smallest absolute Gasteiger partial charge is 0.151 e. The summed E-state index contributed by atoms with van der Waals surface area (Å²) in [6.45, 7) is 8.70. The van der Waals surface area contributed by atoms with Crippen LogP contribution in [0.15, 0.2) is 36.4 Å². The predicted molar refractivity (Wildman–Crippen MR) is 77.6 cm³/mol. The van der Waals surface area contributed by atoms with Crippen LogP contribution in [0.4, 0.5) is 0 Å². The fourth-order valence-corrected chi connectivity index (χ4v) is 1.79. The van der Waals surface area contributed by atoms with E-state index < -0.39 is 0 Å². The molecule has 2 heteroatoms. The summed E-state index contributed by atoms with van der Waals surface area (Å²) in [4.78, 5) is 0. The van der Waals surface area contributed by atoms with Gasteiger partial charge in [0.1, 0.15) is 5.75 Å². The second-order valence-corrected chi connectivity index (χ2v) is 5.84. The minimum Gasteiger partial charge on any atom is -0.475 e. The molecule has 0 heterocycles. The number of benzene rings is 1. The molecule has 0 aliphatic heterocycles. The van der Waals surface area contributed by atoms with Crippen molar-refractivity contribution in [3.63, 3.8) is 0 Å². The molecule has 0 bridgehead atoms. The van der Waals surface area contributed by atoms with Gasteiger partial charge in [-0.25, -0.2) is 0 Å². The van der Waals surface area contributed by atoms with E-state index in [9.17, 15) is 0 Å². The lowest BCUT2D eigenvalue weighted by Crippen LogP contribution is -2.26. The van der Waals surface area contributed by atoms with E-state index in [-0.39, 0.29) is 6.23 Å². The van der Waals surface area contributed by atoms with Crippen LogP contribution in [0.3, 0.4) is 0 Å². The normalized spacial score (nSPS) is 13.8. The summed E-state index contributed by atoms with van der Waals surface area (Å²) in [5.41, 5.74) is 7.50. The minimum absolute atomic E-state index is 0.269. The van der Waals surface area contributed by atoms with Crippen molar-refractivity contribution in [1.82, 2.24) is 0 Å². The molecule has 1 aromatic carbocycles. The largest absolute Gasteiger partial charge is 0.475 e. The lowest BCUT2D eigenvalue weighted by molar-refractivity contribution is 0.212. The fraction of sp³-hybridized carbons (Fsp3) is 0.500. The zero-order valence-electron chi connectivity index (χ0n) is 11.9. The monoisotopic (exact) mass is 247 g/mol. The molecule has 1 unspecified atom stereocenters. The number of rotatable bonds is 5. The third-order valence-electron chi connectivity index (χ3n) is 2.55. The number of hydrogen-bond acceptors (Lipinski definition) is 2. The summed E-state index contributed by atoms with van der Waals surface area (Å²) >= 11 is 0. The summed E-state index contributed by atoms with van der Waals surface area (Å²) in [6.07, 6.45) is 5.53. The molecule has 1 rings (SSSR count). The summed E-state index contributed by atoms with van der Waals surface area (Å²) in [7, 11) is 0. The van der Waals surface area contributed by atoms with Gasteiger partial charge in [0.2, 0.25) is 0 Å². The SMILES string of the molecule is C/C=C/CC(N)Oc1ccc(CC(C)(C)C)cc1. The number of allylic oxidation sites excluding steroid dienone is 1. The number of ether oxygens (including phenoxy) is 1. The highest BCUT2D eigenvalue weighted by Crippen LogP contribution is 2.22. The van der Waals surface area contributed by atoms with Crippen molar-refractivity contribution in [3.8, 4) is 5.75 Å². The topological polar surface area (TPSA) is 35.2 Å². The molecule has 0 aliphatic carbocycles. The molecular weight excluding hydrogens is 222 g/mol. The van der Waals surface area contributed by atoms with Crippen LogP contribution in [0.2, 0.25) is 0 Å². The molecule has 0 radical (unpaired) electrons. The van der Waals surface area contributed by atoms with Gasteiger partial charge < -0.3 is 4.74 Å². The minimum atomic E-state index is -0.269. The van der Waals surface area contributed by atoms with E-state index in [2.05, 4.69) is 32.9 Å². The Kier molecular flexibility index (Phi) is 5.42. The second-order valence-electron chi connectivity index (χ2n) is 5.84. The average Bonchev–Trinajstić information content (AvgIpc) is 2.27. The van der Waals surface area contributed by atoms with Crippen molar-refractivity contribution in [2.75, 3.05) is 0 Å². The first-order chi connectivity index (χ1) is 8.40. The van der Waals surface area contributed by atoms with Gasteiger partial charge in [-0.2, -0.15) is 0 Å². The molecule has 2 nitrogen and oxygen atoms in total. The Balaban J connectivity index is 2.55. The number of nitrogens with two attached hydrogens (primary N) is 1. The molecule has 0 spiro atoms. The van der Waals surface area contributed by atoms with Crippen LogP contribution in [0, 0.1) is 5.41 Å². The summed E-state index contributed by atoms with van der Waals surface area (Å²) in [5.74, 6) is 0.838. The van der Waals surface area contributed by atoms with E-state index in [0.717, 1.165) is 18.6 Å². The van der Waals surface area contributed by atoms with Crippen molar-refractivity contribution >= 4 is 0 Å². The Labute approximate surface area is 111 Å². The maximum absolute atomic E-state index is 5.86. The molecule has 0 saturated heterocycles. The highest BCUT2D eigenvalue weighted by molar-refractivity contribution is 5.28. The number of hydrogen-bond donors (Lipinski definition) is 1. The van der Waals surface area contributed by atoms with Crippen LogP contribution in [-0.4, -0.2) is 6.23 Å². The van der Waals surface area contributed by atoms with Gasteiger partial charge in [0.15, 0.2) is 6.23 Å². The highest BCUT2D eigenvalue weighted by atomic mass is 16.5. The lowest BCUT2D eigenvalue weighted by Gasteiger charge is -2.18. The Hall–Kier alpha value is -1.28. The van der Waals surface area contributed by atoms with E-state index >= 15 is 0 Å². The van der Waals surface area contributed by atoms with Crippen LogP contribution in [0.25, 0.3) is 0 Å². The molecule has 2 N–H and O–H groups in total. The fourth-order valence-electron chi connectivity index (χ4n) is 1.79. The van der Waals surface area contributed by atoms with Crippen LogP contribution in [0.5, 0.6) is 5.75 Å². The quantitative estimate of drug-likeness (QED) is 0.632. The molecule has 1 atom stereocenters. The molecule has 0 fully saturated rings. The molecule has 0 amide bonds. The lowest BCUT2D eigenvalue weighted by atomic mass is 9.88. The van der Waals surface area contributed by atoms with E-state index in [1.54, 1.807) is 0 Å². The summed E-state index contributed by atoms with van der Waals surface area (Å²) in [6, 6.07) is 8.22. The van der Waals surface area contributed by atoms with Gasteiger partial charge in [-0.1, -0.05) is 45.1 Å². The molecule has 0 aliphatic rings. The van der Waals surface area contributed by atoms with Gasteiger partial charge in [-0.15, -0.1) is 0 Å². The first-order valence-electron chi connectivity index (χ1n) is 6.53. The van der Waals surface area contributed by atoms with E-state index in [1.165, 1.54) is 5.56 Å². The van der Waals surface area contributed by atoms with Crippen LogP contribution >= 0.6 is 0 Å². The molecule has 0 saturated carbocycles. The third-order valence-corrected chi connectivity index (χ3v) is 2.55. The predicted octanol–water partition coefficient (Wildman–Crippen LogP) is 3.91. The maximum Gasteiger partial charge on any atom is 0.151 e. The van der Waals surface area contributed by atoms with Crippen molar-refractivity contribution in [3.05, 3.63) is 42.0 Å². The molecular formula is C16H25NO. The second kappa shape index (κ2) is 6.60. The van der Waals surface area contributed by atoms with E-state index in [4.69, 9.17) is 10.5 Å². The molecule has 0 aromatic heterocycles. The van der Waals surface area contributed by atoms with Crippen LogP contribution < -0.4 is 10.5 Å². The zero-order chi connectivity index (χ0) is 13.6. The van der Waals surface area contributed by atoms with Gasteiger partial charge in [-0.05, 0) is 36.5 Å². The standard InChI is InChI=1S/C16H25NO/c1-5-6-7-15(17)18-14-10-8-13(9-11-14)12-16(2,3)4/h5-6,8-11,15H,7,12,17H2,1-4H3/b6-5+. The van der Waals surface area contributed by atoms with Gasteiger partial charge in [0.25, 0.3) is 0 Å². The van der Waals surface area contributed by atoms with Crippen molar-refractivity contribution < 1.29 is 4.74 Å². The first kappa shape index (κ1) is 14.8. The maximum atomic E-state index is 5.86. The summed E-state index contributed by atoms with van der Waals surface area (Å²) in [5, 5.41) is 0. The third kappa shape index (κ3) is 5.87. The summed E-state index contributed by atoms with van der Waals surface area (Å²) < 4.78 is 5.63. The molecule has 18 heavy (non-hydrogen) atoms. The Bertz CT molecular complexity index is 373. The van der Waals surface area contributed by atoms with Crippen LogP contribution in [0.1, 0.15) is 39.7 Å². The van der Waals surface area contributed by atoms with E-state index in [0.29, 0.717) is 5.41 Å². The molecule has 100 valence electrons. The van der Waals surface area contributed by atoms with Crippen LogP contribution in [-0.2, 0) is 6.42 Å². The highest BCUT2D eigenvalue weighted by Gasteiger charge is 2.11. The Morgan fingerprint density at radius 3 is 2.33 bits per heavy atom. The van der Waals surface area contributed by atoms with Gasteiger partial charge in [0, 0.05) is 6.42 Å². The van der Waals surface area contributed by atoms with Gasteiger partial charge in [0.05, 0.1) is 0 Å². The average molecular weight is 247 g/mol. The Morgan fingerprint density at radius 1 is 1.22 bits per heavy atom. The van der Waals surface area contributed by atoms with Crippen molar-refractivity contribution in [1.29, 1.82) is 0 Å². The molecule has 1 aromatic rings. The van der Waals surface area contributed by atoms with E-state index in [1.807, 2.05) is 31.2 Å². The zero-order valence-corrected chi connectivity index (χ0v) is 11.9.